The lowest BCUT2D eigenvalue weighted by Crippen LogP contribution is -2.05. The molecule has 17 heavy (non-hydrogen) atoms. The fraction of sp³-hybridized carbons (Fsp3) is 0.333. The highest BCUT2D eigenvalue weighted by Crippen LogP contribution is 2.27. The van der Waals surface area contributed by atoms with Crippen molar-refractivity contribution in [1.82, 2.24) is 14.8 Å². The lowest BCUT2D eigenvalue weighted by atomic mass is 10.0. The molecule has 3 nitrogen and oxygen atoms in total. The van der Waals surface area contributed by atoms with Gasteiger partial charge in [-0.1, -0.05) is 13.8 Å². The zero-order chi connectivity index (χ0) is 12.4. The largest absolute Gasteiger partial charge is 0.267 e. The van der Waals surface area contributed by atoms with Crippen LogP contribution >= 0.6 is 0 Å². The SMILES string of the molecule is CC(C)c1cnc(-n2cccn2)c(C(F)F)c1. The maximum Gasteiger partial charge on any atom is 0.267 e. The van der Waals surface area contributed by atoms with Crippen molar-refractivity contribution in [3.05, 3.63) is 41.9 Å². The van der Waals surface area contributed by atoms with Crippen molar-refractivity contribution in [2.45, 2.75) is 26.2 Å². The van der Waals surface area contributed by atoms with Crippen molar-refractivity contribution < 1.29 is 8.78 Å². The van der Waals surface area contributed by atoms with Gasteiger partial charge in [-0.2, -0.15) is 5.10 Å². The van der Waals surface area contributed by atoms with Crippen LogP contribution < -0.4 is 0 Å². The number of aromatic nitrogens is 3. The predicted molar refractivity (Wildman–Crippen MR) is 60.4 cm³/mol. The molecular weight excluding hydrogens is 224 g/mol. The molecule has 2 aromatic heterocycles. The van der Waals surface area contributed by atoms with E-state index in [1.165, 1.54) is 16.9 Å². The smallest absolute Gasteiger partial charge is 0.236 e. The number of hydrogen-bond donors (Lipinski definition) is 0. The molecule has 0 aliphatic rings. The van der Waals surface area contributed by atoms with Crippen LogP contribution in [0.25, 0.3) is 5.82 Å². The number of pyridine rings is 1. The number of alkyl halides is 2. The number of hydrogen-bond acceptors (Lipinski definition) is 2. The van der Waals surface area contributed by atoms with Gasteiger partial charge in [0.05, 0.1) is 5.56 Å². The third-order valence-corrected chi connectivity index (χ3v) is 2.54. The molecule has 0 aliphatic heterocycles. The first kappa shape index (κ1) is 11.7. The van der Waals surface area contributed by atoms with Crippen LogP contribution in [0.2, 0.25) is 0 Å². The third kappa shape index (κ3) is 2.33. The molecule has 0 spiro atoms. The van der Waals surface area contributed by atoms with Crippen LogP contribution in [0.5, 0.6) is 0 Å². The van der Waals surface area contributed by atoms with E-state index < -0.39 is 6.43 Å². The van der Waals surface area contributed by atoms with Crippen molar-refractivity contribution in [2.24, 2.45) is 0 Å². The fourth-order valence-corrected chi connectivity index (χ4v) is 1.55. The van der Waals surface area contributed by atoms with Gasteiger partial charge in [-0.05, 0) is 23.6 Å². The average molecular weight is 237 g/mol. The van der Waals surface area contributed by atoms with Crippen LogP contribution in [-0.2, 0) is 0 Å². The Kier molecular flexibility index (Phi) is 3.17. The third-order valence-electron chi connectivity index (χ3n) is 2.54. The van der Waals surface area contributed by atoms with E-state index in [9.17, 15) is 8.78 Å². The van der Waals surface area contributed by atoms with E-state index in [0.717, 1.165) is 5.56 Å². The highest BCUT2D eigenvalue weighted by Gasteiger charge is 2.17. The first-order chi connectivity index (χ1) is 8.09. The molecule has 0 amide bonds. The standard InChI is InChI=1S/C12H13F2N3/c1-8(2)9-6-10(11(13)14)12(15-7-9)17-5-3-4-16-17/h3-8,11H,1-2H3. The van der Waals surface area contributed by atoms with E-state index in [1.54, 1.807) is 18.5 Å². The molecule has 0 saturated heterocycles. The molecule has 2 rings (SSSR count). The Labute approximate surface area is 98.1 Å². The first-order valence-electron chi connectivity index (χ1n) is 5.37. The summed E-state index contributed by atoms with van der Waals surface area (Å²) in [5.41, 5.74) is 0.719. The molecule has 0 bridgehead atoms. The van der Waals surface area contributed by atoms with Gasteiger partial charge in [-0.15, -0.1) is 0 Å². The van der Waals surface area contributed by atoms with Gasteiger partial charge in [0, 0.05) is 18.6 Å². The minimum absolute atomic E-state index is 0.0834. The van der Waals surface area contributed by atoms with Gasteiger partial charge in [-0.25, -0.2) is 18.4 Å². The second-order valence-electron chi connectivity index (χ2n) is 4.09. The average Bonchev–Trinajstić information content (AvgIpc) is 2.81. The van der Waals surface area contributed by atoms with E-state index in [4.69, 9.17) is 0 Å². The van der Waals surface area contributed by atoms with Crippen LogP contribution in [-0.4, -0.2) is 14.8 Å². The Hall–Kier alpha value is -1.78. The molecular formula is C12H13F2N3. The Balaban J connectivity index is 2.53. The molecule has 0 fully saturated rings. The van der Waals surface area contributed by atoms with Gasteiger partial charge in [-0.3, -0.25) is 0 Å². The Morgan fingerprint density at radius 1 is 1.29 bits per heavy atom. The maximum absolute atomic E-state index is 13.0. The van der Waals surface area contributed by atoms with Crippen molar-refractivity contribution in [3.8, 4) is 5.82 Å². The van der Waals surface area contributed by atoms with Gasteiger partial charge in [0.1, 0.15) is 0 Å². The highest BCUT2D eigenvalue weighted by molar-refractivity contribution is 5.37. The van der Waals surface area contributed by atoms with E-state index >= 15 is 0 Å². The van der Waals surface area contributed by atoms with E-state index in [1.807, 2.05) is 13.8 Å². The lowest BCUT2D eigenvalue weighted by molar-refractivity contribution is 0.150. The van der Waals surface area contributed by atoms with Crippen molar-refractivity contribution in [2.75, 3.05) is 0 Å². The summed E-state index contributed by atoms with van der Waals surface area (Å²) in [6.45, 7) is 3.89. The van der Waals surface area contributed by atoms with Gasteiger partial charge >= 0.3 is 0 Å². The zero-order valence-electron chi connectivity index (χ0n) is 9.64. The van der Waals surface area contributed by atoms with Crippen LogP contribution in [0.3, 0.4) is 0 Å². The zero-order valence-corrected chi connectivity index (χ0v) is 9.64. The second kappa shape index (κ2) is 4.61. The Morgan fingerprint density at radius 2 is 2.06 bits per heavy atom. The van der Waals surface area contributed by atoms with Gasteiger partial charge in [0.15, 0.2) is 5.82 Å². The summed E-state index contributed by atoms with van der Waals surface area (Å²) in [6, 6.07) is 3.17. The topological polar surface area (TPSA) is 30.7 Å². The molecule has 90 valence electrons. The van der Waals surface area contributed by atoms with E-state index in [2.05, 4.69) is 10.1 Å². The summed E-state index contributed by atoms with van der Waals surface area (Å²) in [5, 5.41) is 3.92. The molecule has 2 heterocycles. The van der Waals surface area contributed by atoms with Crippen LogP contribution in [0.15, 0.2) is 30.7 Å². The summed E-state index contributed by atoms with van der Waals surface area (Å²) in [4.78, 5) is 4.08. The molecule has 0 N–H and O–H groups in total. The Morgan fingerprint density at radius 3 is 2.59 bits per heavy atom. The van der Waals surface area contributed by atoms with Crippen molar-refractivity contribution in [1.29, 1.82) is 0 Å². The van der Waals surface area contributed by atoms with Gasteiger partial charge in [0.2, 0.25) is 0 Å². The van der Waals surface area contributed by atoms with Crippen molar-refractivity contribution in [3.63, 3.8) is 0 Å². The van der Waals surface area contributed by atoms with Crippen LogP contribution in [0, 0.1) is 0 Å². The van der Waals surface area contributed by atoms with E-state index in [-0.39, 0.29) is 17.3 Å². The second-order valence-corrected chi connectivity index (χ2v) is 4.09. The molecule has 0 saturated carbocycles. The van der Waals surface area contributed by atoms with Crippen LogP contribution in [0.4, 0.5) is 8.78 Å². The molecule has 0 radical (unpaired) electrons. The molecule has 0 aromatic carbocycles. The summed E-state index contributed by atoms with van der Waals surface area (Å²) >= 11 is 0. The summed E-state index contributed by atoms with van der Waals surface area (Å²) in [7, 11) is 0. The maximum atomic E-state index is 13.0. The first-order valence-corrected chi connectivity index (χ1v) is 5.37. The van der Waals surface area contributed by atoms with Gasteiger partial charge < -0.3 is 0 Å². The number of nitrogens with zero attached hydrogens (tertiary/aromatic N) is 3. The summed E-state index contributed by atoms with van der Waals surface area (Å²) < 4.78 is 27.3. The quantitative estimate of drug-likeness (QED) is 0.819. The minimum Gasteiger partial charge on any atom is -0.236 e. The van der Waals surface area contributed by atoms with Crippen molar-refractivity contribution >= 4 is 0 Å². The normalized spacial score (nSPS) is 11.4. The van der Waals surface area contributed by atoms with Gasteiger partial charge in [0.25, 0.3) is 6.43 Å². The molecule has 0 aliphatic carbocycles. The number of halogens is 2. The predicted octanol–water partition coefficient (Wildman–Crippen LogP) is 3.33. The molecule has 2 aromatic rings. The number of rotatable bonds is 3. The molecule has 5 heteroatoms. The summed E-state index contributed by atoms with van der Waals surface area (Å²) in [5.74, 6) is 0.362. The Bertz CT molecular complexity index is 492. The lowest BCUT2D eigenvalue weighted by Gasteiger charge is -2.11. The monoisotopic (exact) mass is 237 g/mol. The highest BCUT2D eigenvalue weighted by atomic mass is 19.3. The van der Waals surface area contributed by atoms with Crippen LogP contribution in [0.1, 0.15) is 37.3 Å². The molecule has 0 atom stereocenters. The van der Waals surface area contributed by atoms with E-state index in [0.29, 0.717) is 0 Å². The fourth-order valence-electron chi connectivity index (χ4n) is 1.55. The summed E-state index contributed by atoms with van der Waals surface area (Å²) in [6.07, 6.45) is 2.20. The molecule has 0 unspecified atom stereocenters. The minimum atomic E-state index is -2.56.